The number of rotatable bonds is 6. The van der Waals surface area contributed by atoms with E-state index in [1.54, 1.807) is 31.2 Å². The number of hydrogen-bond donors (Lipinski definition) is 1. The standard InChI is InChI=1S/C18H21NO4S/c1-13(15-9-11-17(12-10-15)24(3,21)22)19-18(20)14(2)23-16-7-5-4-6-8-16/h4-14H,1-3H3,(H,19,20)/t13-,14+/m0/s1. The summed E-state index contributed by atoms with van der Waals surface area (Å²) in [5, 5.41) is 2.86. The van der Waals surface area contributed by atoms with Gasteiger partial charge in [-0.1, -0.05) is 30.3 Å². The number of benzene rings is 2. The minimum Gasteiger partial charge on any atom is -0.481 e. The molecule has 0 aromatic heterocycles. The Hall–Kier alpha value is -2.34. The zero-order chi connectivity index (χ0) is 17.7. The van der Waals surface area contributed by atoms with Crippen LogP contribution < -0.4 is 10.1 Å². The molecule has 0 heterocycles. The van der Waals surface area contributed by atoms with Crippen molar-refractivity contribution in [2.45, 2.75) is 30.9 Å². The first-order valence-corrected chi connectivity index (χ1v) is 9.48. The molecule has 2 rings (SSSR count). The fourth-order valence-corrected chi connectivity index (χ4v) is 2.80. The molecular weight excluding hydrogens is 326 g/mol. The van der Waals surface area contributed by atoms with E-state index in [2.05, 4.69) is 5.32 Å². The zero-order valence-corrected chi connectivity index (χ0v) is 14.7. The Balaban J connectivity index is 1.98. The zero-order valence-electron chi connectivity index (χ0n) is 13.9. The summed E-state index contributed by atoms with van der Waals surface area (Å²) in [7, 11) is -3.22. The summed E-state index contributed by atoms with van der Waals surface area (Å²) in [5.41, 5.74) is 0.822. The van der Waals surface area contributed by atoms with Gasteiger partial charge in [0.1, 0.15) is 5.75 Å². The number of nitrogens with one attached hydrogen (secondary N) is 1. The molecule has 0 spiro atoms. The van der Waals surface area contributed by atoms with Crippen molar-refractivity contribution in [1.82, 2.24) is 5.32 Å². The molecule has 1 amide bonds. The normalized spacial score (nSPS) is 13.8. The van der Waals surface area contributed by atoms with Crippen molar-refractivity contribution in [3.63, 3.8) is 0 Å². The molecule has 0 aliphatic rings. The largest absolute Gasteiger partial charge is 0.481 e. The maximum atomic E-state index is 12.2. The van der Waals surface area contributed by atoms with Gasteiger partial charge < -0.3 is 10.1 Å². The Kier molecular flexibility index (Phi) is 5.62. The molecule has 5 nitrogen and oxygen atoms in total. The molecule has 0 unspecified atom stereocenters. The van der Waals surface area contributed by atoms with Crippen molar-refractivity contribution < 1.29 is 17.9 Å². The van der Waals surface area contributed by atoms with Crippen molar-refractivity contribution >= 4 is 15.7 Å². The van der Waals surface area contributed by atoms with E-state index in [-0.39, 0.29) is 16.8 Å². The van der Waals surface area contributed by atoms with Crippen molar-refractivity contribution in [2.75, 3.05) is 6.26 Å². The Morgan fingerprint density at radius 3 is 2.12 bits per heavy atom. The van der Waals surface area contributed by atoms with Gasteiger partial charge in [0.25, 0.3) is 5.91 Å². The first kappa shape index (κ1) is 18.0. The monoisotopic (exact) mass is 347 g/mol. The second-order valence-electron chi connectivity index (χ2n) is 5.64. The predicted molar refractivity (Wildman–Crippen MR) is 92.6 cm³/mol. The Morgan fingerprint density at radius 2 is 1.58 bits per heavy atom. The van der Waals surface area contributed by atoms with Crippen LogP contribution in [-0.2, 0) is 14.6 Å². The highest BCUT2D eigenvalue weighted by Gasteiger charge is 2.18. The summed E-state index contributed by atoms with van der Waals surface area (Å²) in [5.74, 6) is 0.392. The van der Waals surface area contributed by atoms with Gasteiger partial charge in [0.15, 0.2) is 15.9 Å². The van der Waals surface area contributed by atoms with Gasteiger partial charge >= 0.3 is 0 Å². The molecule has 128 valence electrons. The van der Waals surface area contributed by atoms with Crippen LogP contribution in [0.25, 0.3) is 0 Å². The molecule has 0 aliphatic heterocycles. The maximum Gasteiger partial charge on any atom is 0.261 e. The Bertz CT molecular complexity index is 786. The third kappa shape index (κ3) is 4.83. The Labute approximate surface area is 142 Å². The minimum atomic E-state index is -3.22. The van der Waals surface area contributed by atoms with Crippen molar-refractivity contribution in [3.05, 3.63) is 60.2 Å². The summed E-state index contributed by atoms with van der Waals surface area (Å²) in [4.78, 5) is 12.5. The van der Waals surface area contributed by atoms with Gasteiger partial charge in [-0.05, 0) is 43.7 Å². The topological polar surface area (TPSA) is 72.5 Å². The predicted octanol–water partition coefficient (Wildman–Crippen LogP) is 2.73. The van der Waals surface area contributed by atoms with Crippen LogP contribution in [0.15, 0.2) is 59.5 Å². The van der Waals surface area contributed by atoms with Gasteiger partial charge in [-0.15, -0.1) is 0 Å². The summed E-state index contributed by atoms with van der Waals surface area (Å²) >= 11 is 0. The van der Waals surface area contributed by atoms with Crippen molar-refractivity contribution in [1.29, 1.82) is 0 Å². The van der Waals surface area contributed by atoms with E-state index in [0.29, 0.717) is 5.75 Å². The van der Waals surface area contributed by atoms with Gasteiger partial charge in [-0.2, -0.15) is 0 Å². The minimum absolute atomic E-state index is 0.237. The van der Waals surface area contributed by atoms with Crippen molar-refractivity contribution in [3.8, 4) is 5.75 Å². The first-order chi connectivity index (χ1) is 11.3. The third-order valence-electron chi connectivity index (χ3n) is 3.59. The first-order valence-electron chi connectivity index (χ1n) is 7.59. The quantitative estimate of drug-likeness (QED) is 0.872. The second-order valence-corrected chi connectivity index (χ2v) is 7.66. The van der Waals surface area contributed by atoms with E-state index < -0.39 is 15.9 Å². The fraction of sp³-hybridized carbons (Fsp3) is 0.278. The molecule has 2 aromatic rings. The fourth-order valence-electron chi connectivity index (χ4n) is 2.17. The molecule has 2 atom stereocenters. The molecule has 2 aromatic carbocycles. The maximum absolute atomic E-state index is 12.2. The average Bonchev–Trinajstić information content (AvgIpc) is 2.55. The van der Waals surface area contributed by atoms with E-state index in [4.69, 9.17) is 4.74 Å². The van der Waals surface area contributed by atoms with Crippen LogP contribution in [0.5, 0.6) is 5.75 Å². The lowest BCUT2D eigenvalue weighted by atomic mass is 10.1. The molecule has 0 fully saturated rings. The summed E-state index contributed by atoms with van der Waals surface area (Å²) in [6, 6.07) is 15.3. The van der Waals surface area contributed by atoms with Crippen LogP contribution in [0.1, 0.15) is 25.5 Å². The number of hydrogen-bond acceptors (Lipinski definition) is 4. The number of carbonyl (C=O) groups excluding carboxylic acids is 1. The molecule has 6 heteroatoms. The van der Waals surface area contributed by atoms with E-state index in [0.717, 1.165) is 11.8 Å². The molecular formula is C18H21NO4S. The van der Waals surface area contributed by atoms with E-state index in [1.807, 2.05) is 25.1 Å². The summed E-state index contributed by atoms with van der Waals surface area (Å²) < 4.78 is 28.5. The van der Waals surface area contributed by atoms with Gasteiger partial charge in [-0.3, -0.25) is 4.79 Å². The van der Waals surface area contributed by atoms with Crippen LogP contribution in [-0.4, -0.2) is 26.7 Å². The number of sulfone groups is 1. The van der Waals surface area contributed by atoms with Crippen LogP contribution >= 0.6 is 0 Å². The molecule has 0 saturated carbocycles. The van der Waals surface area contributed by atoms with Crippen LogP contribution in [0.3, 0.4) is 0 Å². The molecule has 1 N–H and O–H groups in total. The van der Waals surface area contributed by atoms with Gasteiger partial charge in [0.05, 0.1) is 10.9 Å². The molecule has 0 radical (unpaired) electrons. The summed E-state index contributed by atoms with van der Waals surface area (Å²) in [6.07, 6.45) is 0.528. The van der Waals surface area contributed by atoms with E-state index in [9.17, 15) is 13.2 Å². The molecule has 0 saturated heterocycles. The van der Waals surface area contributed by atoms with E-state index >= 15 is 0 Å². The highest BCUT2D eigenvalue weighted by Crippen LogP contribution is 2.17. The highest BCUT2D eigenvalue weighted by atomic mass is 32.2. The second kappa shape index (κ2) is 7.49. The van der Waals surface area contributed by atoms with Gasteiger partial charge in [-0.25, -0.2) is 8.42 Å². The molecule has 0 aliphatic carbocycles. The number of ether oxygens (including phenoxy) is 1. The highest BCUT2D eigenvalue weighted by molar-refractivity contribution is 7.90. The number of para-hydroxylation sites is 1. The van der Waals surface area contributed by atoms with Crippen LogP contribution in [0.2, 0.25) is 0 Å². The average molecular weight is 347 g/mol. The van der Waals surface area contributed by atoms with E-state index in [1.165, 1.54) is 12.1 Å². The lowest BCUT2D eigenvalue weighted by Gasteiger charge is -2.19. The SMILES string of the molecule is C[C@H](NC(=O)[C@@H](C)Oc1ccccc1)c1ccc(S(C)(=O)=O)cc1. The van der Waals surface area contributed by atoms with Crippen LogP contribution in [0.4, 0.5) is 0 Å². The summed E-state index contributed by atoms with van der Waals surface area (Å²) in [6.45, 7) is 3.52. The van der Waals surface area contributed by atoms with Gasteiger partial charge in [0.2, 0.25) is 0 Å². The van der Waals surface area contributed by atoms with Crippen LogP contribution in [0, 0.1) is 0 Å². The lowest BCUT2D eigenvalue weighted by Crippen LogP contribution is -2.37. The Morgan fingerprint density at radius 1 is 1.00 bits per heavy atom. The molecule has 0 bridgehead atoms. The van der Waals surface area contributed by atoms with Gasteiger partial charge in [0, 0.05) is 6.26 Å². The van der Waals surface area contributed by atoms with Crippen molar-refractivity contribution in [2.24, 2.45) is 0 Å². The smallest absolute Gasteiger partial charge is 0.261 e. The number of carbonyl (C=O) groups is 1. The lowest BCUT2D eigenvalue weighted by molar-refractivity contribution is -0.127. The third-order valence-corrected chi connectivity index (χ3v) is 4.72. The number of amides is 1. The molecule has 24 heavy (non-hydrogen) atoms.